The number of fused-ring (bicyclic) bond motifs is 1. The van der Waals surface area contributed by atoms with Gasteiger partial charge in [-0.25, -0.2) is 9.59 Å². The van der Waals surface area contributed by atoms with E-state index in [0.29, 0.717) is 31.8 Å². The highest BCUT2D eigenvalue weighted by atomic mass is 16.5. The van der Waals surface area contributed by atoms with Gasteiger partial charge in [0.1, 0.15) is 6.54 Å². The Morgan fingerprint density at radius 3 is 2.64 bits per heavy atom. The number of amides is 1. The summed E-state index contributed by atoms with van der Waals surface area (Å²) in [5, 5.41) is 9.02. The third kappa shape index (κ3) is 2.60. The summed E-state index contributed by atoms with van der Waals surface area (Å²) in [6.45, 7) is 1.70. The fraction of sp³-hybridized carbons (Fsp3) is 0.357. The van der Waals surface area contributed by atoms with Gasteiger partial charge in [-0.1, -0.05) is 0 Å². The minimum absolute atomic E-state index is 0.0286. The highest BCUT2D eigenvalue weighted by molar-refractivity contribution is 5.92. The first-order valence-corrected chi connectivity index (χ1v) is 6.78. The lowest BCUT2D eigenvalue weighted by Crippen LogP contribution is -2.43. The summed E-state index contributed by atoms with van der Waals surface area (Å²) in [5.74, 6) is -2.02. The molecule has 3 rings (SSSR count). The van der Waals surface area contributed by atoms with Crippen LogP contribution in [0.3, 0.4) is 0 Å². The van der Waals surface area contributed by atoms with E-state index in [1.165, 1.54) is 18.2 Å². The number of hydrogen-bond acceptors (Lipinski definition) is 5. The highest BCUT2D eigenvalue weighted by Gasteiger charge is 2.20. The topological polar surface area (TPSA) is 102 Å². The number of carboxylic acids is 1. The number of oxazole rings is 1. The molecule has 1 amide bonds. The van der Waals surface area contributed by atoms with Crippen LogP contribution in [0, 0.1) is 0 Å². The molecular weight excluding hydrogens is 292 g/mol. The van der Waals surface area contributed by atoms with E-state index in [4.69, 9.17) is 14.3 Å². The van der Waals surface area contributed by atoms with Crippen LogP contribution < -0.4 is 5.76 Å². The number of aromatic carboxylic acids is 1. The van der Waals surface area contributed by atoms with Gasteiger partial charge in [0, 0.05) is 13.1 Å². The molecule has 0 saturated carbocycles. The third-order valence-electron chi connectivity index (χ3n) is 3.57. The molecule has 1 fully saturated rings. The molecule has 1 saturated heterocycles. The molecule has 8 nitrogen and oxygen atoms in total. The van der Waals surface area contributed by atoms with E-state index in [-0.39, 0.29) is 23.6 Å². The van der Waals surface area contributed by atoms with Gasteiger partial charge in [0.25, 0.3) is 0 Å². The zero-order valence-electron chi connectivity index (χ0n) is 11.7. The van der Waals surface area contributed by atoms with Gasteiger partial charge < -0.3 is 19.2 Å². The Morgan fingerprint density at radius 1 is 1.23 bits per heavy atom. The van der Waals surface area contributed by atoms with Crippen molar-refractivity contribution < 1.29 is 23.8 Å². The number of hydrogen-bond donors (Lipinski definition) is 1. The lowest BCUT2D eigenvalue weighted by Gasteiger charge is -2.26. The van der Waals surface area contributed by atoms with Gasteiger partial charge >= 0.3 is 11.7 Å². The number of morpholine rings is 1. The van der Waals surface area contributed by atoms with E-state index in [2.05, 4.69) is 0 Å². The fourth-order valence-corrected chi connectivity index (χ4v) is 2.39. The molecule has 1 aliphatic heterocycles. The third-order valence-corrected chi connectivity index (χ3v) is 3.57. The van der Waals surface area contributed by atoms with E-state index in [1.54, 1.807) is 4.90 Å². The van der Waals surface area contributed by atoms with Crippen molar-refractivity contribution in [3.8, 4) is 0 Å². The molecule has 2 aromatic rings. The molecule has 1 aromatic heterocycles. The minimum Gasteiger partial charge on any atom is -0.478 e. The first-order chi connectivity index (χ1) is 10.6. The van der Waals surface area contributed by atoms with Crippen LogP contribution in [0.4, 0.5) is 0 Å². The van der Waals surface area contributed by atoms with Crippen molar-refractivity contribution in [2.75, 3.05) is 26.3 Å². The number of carboxylic acid groups (broad SMARTS) is 1. The maximum absolute atomic E-state index is 12.2. The van der Waals surface area contributed by atoms with Crippen LogP contribution >= 0.6 is 0 Å². The van der Waals surface area contributed by atoms with E-state index in [9.17, 15) is 14.4 Å². The Morgan fingerprint density at radius 2 is 1.95 bits per heavy atom. The monoisotopic (exact) mass is 306 g/mol. The number of carbonyl (C=O) groups excluding carboxylic acids is 1. The Balaban J connectivity index is 1.93. The van der Waals surface area contributed by atoms with Crippen molar-refractivity contribution in [3.63, 3.8) is 0 Å². The van der Waals surface area contributed by atoms with Crippen LogP contribution in [0.25, 0.3) is 11.1 Å². The Hall–Kier alpha value is -2.61. The van der Waals surface area contributed by atoms with Crippen molar-refractivity contribution in [1.29, 1.82) is 0 Å². The smallest absolute Gasteiger partial charge is 0.420 e. The Bertz CT molecular complexity index is 784. The summed E-state index contributed by atoms with van der Waals surface area (Å²) in [6, 6.07) is 4.09. The lowest BCUT2D eigenvalue weighted by atomic mass is 10.2. The van der Waals surface area contributed by atoms with Crippen molar-refractivity contribution in [3.05, 3.63) is 34.3 Å². The summed E-state index contributed by atoms with van der Waals surface area (Å²) in [7, 11) is 0. The number of ether oxygens (including phenoxy) is 1. The molecule has 0 radical (unpaired) electrons. The summed E-state index contributed by atoms with van der Waals surface area (Å²) < 4.78 is 11.4. The molecule has 1 aliphatic rings. The molecule has 2 heterocycles. The molecule has 1 N–H and O–H groups in total. The summed E-state index contributed by atoms with van der Waals surface area (Å²) in [6.07, 6.45) is 0. The largest absolute Gasteiger partial charge is 0.478 e. The summed E-state index contributed by atoms with van der Waals surface area (Å²) >= 11 is 0. The molecule has 0 unspecified atom stereocenters. The molecule has 0 bridgehead atoms. The van der Waals surface area contributed by atoms with Crippen LogP contribution in [0.1, 0.15) is 10.4 Å². The quantitative estimate of drug-likeness (QED) is 0.866. The molecule has 116 valence electrons. The summed E-state index contributed by atoms with van der Waals surface area (Å²) in [4.78, 5) is 36.8. The van der Waals surface area contributed by atoms with Crippen LogP contribution in [-0.2, 0) is 16.1 Å². The van der Waals surface area contributed by atoms with Crippen LogP contribution in [0.15, 0.2) is 27.4 Å². The van der Waals surface area contributed by atoms with Crippen molar-refractivity contribution in [2.24, 2.45) is 0 Å². The predicted octanol–water partition coefficient (Wildman–Crippen LogP) is 0.151. The number of rotatable bonds is 3. The molecule has 0 spiro atoms. The fourth-order valence-electron chi connectivity index (χ4n) is 2.39. The van der Waals surface area contributed by atoms with Crippen LogP contribution in [-0.4, -0.2) is 52.8 Å². The van der Waals surface area contributed by atoms with Gasteiger partial charge in [-0.3, -0.25) is 9.36 Å². The highest BCUT2D eigenvalue weighted by Crippen LogP contribution is 2.15. The predicted molar refractivity (Wildman–Crippen MR) is 74.8 cm³/mol. The van der Waals surface area contributed by atoms with Gasteiger partial charge in [0.15, 0.2) is 5.58 Å². The average Bonchev–Trinajstić information content (AvgIpc) is 2.83. The van der Waals surface area contributed by atoms with Gasteiger partial charge in [-0.2, -0.15) is 0 Å². The second-order valence-corrected chi connectivity index (χ2v) is 4.93. The normalized spacial score (nSPS) is 15.2. The molecule has 0 aliphatic carbocycles. The maximum atomic E-state index is 12.2. The second-order valence-electron chi connectivity index (χ2n) is 4.93. The van der Waals surface area contributed by atoms with Gasteiger partial charge in [0.2, 0.25) is 5.91 Å². The Labute approximate surface area is 124 Å². The van der Waals surface area contributed by atoms with Gasteiger partial charge in [0.05, 0.1) is 24.3 Å². The molecule has 0 atom stereocenters. The van der Waals surface area contributed by atoms with E-state index >= 15 is 0 Å². The number of carbonyl (C=O) groups is 2. The van der Waals surface area contributed by atoms with Crippen LogP contribution in [0.5, 0.6) is 0 Å². The van der Waals surface area contributed by atoms with Crippen molar-refractivity contribution in [1.82, 2.24) is 9.47 Å². The number of nitrogens with zero attached hydrogens (tertiary/aromatic N) is 2. The van der Waals surface area contributed by atoms with E-state index in [1.807, 2.05) is 0 Å². The van der Waals surface area contributed by atoms with Crippen molar-refractivity contribution >= 4 is 23.0 Å². The first-order valence-electron chi connectivity index (χ1n) is 6.78. The van der Waals surface area contributed by atoms with E-state index < -0.39 is 11.7 Å². The maximum Gasteiger partial charge on any atom is 0.420 e. The number of benzene rings is 1. The molecule has 22 heavy (non-hydrogen) atoms. The zero-order chi connectivity index (χ0) is 15.7. The summed E-state index contributed by atoms with van der Waals surface area (Å²) in [5.41, 5.74) is 0.581. The lowest BCUT2D eigenvalue weighted by molar-refractivity contribution is -0.135. The number of aromatic nitrogens is 1. The molecule has 1 aromatic carbocycles. The molecule has 8 heteroatoms. The van der Waals surface area contributed by atoms with Gasteiger partial charge in [-0.15, -0.1) is 0 Å². The standard InChI is InChI=1S/C14H14N2O6/c17-12(15-3-5-21-6-4-15)8-16-10-7-9(13(18)19)1-2-11(10)22-14(16)20/h1-2,7H,3-6,8H2,(H,18,19). The molecular formula is C14H14N2O6. The first kappa shape index (κ1) is 14.3. The second kappa shape index (κ2) is 5.64. The van der Waals surface area contributed by atoms with E-state index in [0.717, 1.165) is 4.57 Å². The van der Waals surface area contributed by atoms with Gasteiger partial charge in [-0.05, 0) is 18.2 Å². The Kier molecular flexibility index (Phi) is 3.68. The van der Waals surface area contributed by atoms with Crippen LogP contribution in [0.2, 0.25) is 0 Å². The van der Waals surface area contributed by atoms with Crippen molar-refractivity contribution in [2.45, 2.75) is 6.54 Å². The zero-order valence-corrected chi connectivity index (χ0v) is 11.7. The SMILES string of the molecule is O=C(O)c1ccc2oc(=O)n(CC(=O)N3CCOCC3)c2c1. The minimum atomic E-state index is -1.11. The average molecular weight is 306 g/mol.